The van der Waals surface area contributed by atoms with E-state index in [-0.39, 0.29) is 5.56 Å². The van der Waals surface area contributed by atoms with E-state index >= 15 is 0 Å². The second-order valence-electron chi connectivity index (χ2n) is 6.35. The summed E-state index contributed by atoms with van der Waals surface area (Å²) < 4.78 is 1.65. The Hall–Kier alpha value is -2.88. The molecule has 0 fully saturated rings. The summed E-state index contributed by atoms with van der Waals surface area (Å²) in [4.78, 5) is 17.9. The molecule has 0 bridgehead atoms. The molecule has 0 aliphatic rings. The van der Waals surface area contributed by atoms with Crippen molar-refractivity contribution in [2.75, 3.05) is 0 Å². The van der Waals surface area contributed by atoms with Gasteiger partial charge in [-0.3, -0.25) is 9.36 Å². The number of aromatic nitrogens is 2. The predicted octanol–water partition coefficient (Wildman–Crippen LogP) is 5.92. The summed E-state index contributed by atoms with van der Waals surface area (Å²) in [7, 11) is 0. The number of para-hydroxylation sites is 1. The maximum atomic E-state index is 13.1. The first-order valence-electron chi connectivity index (χ1n) is 8.78. The topological polar surface area (TPSA) is 34.9 Å². The van der Waals surface area contributed by atoms with E-state index in [0.29, 0.717) is 33.3 Å². The maximum absolute atomic E-state index is 13.1. The average Bonchev–Trinajstić information content (AvgIpc) is 2.71. The Kier molecular flexibility index (Phi) is 5.29. The molecule has 0 spiro atoms. The third-order valence-electron chi connectivity index (χ3n) is 4.47. The summed E-state index contributed by atoms with van der Waals surface area (Å²) in [5.41, 5.74) is 2.40. The van der Waals surface area contributed by atoms with Crippen LogP contribution in [0, 0.1) is 0 Å². The quantitative estimate of drug-likeness (QED) is 0.421. The Bertz CT molecular complexity index is 1230. The molecule has 28 heavy (non-hydrogen) atoms. The van der Waals surface area contributed by atoms with E-state index in [1.807, 2.05) is 78.9 Å². The van der Waals surface area contributed by atoms with Crippen LogP contribution < -0.4 is 5.56 Å². The van der Waals surface area contributed by atoms with Gasteiger partial charge in [0.1, 0.15) is 5.82 Å². The molecule has 1 heterocycles. The van der Waals surface area contributed by atoms with Crippen molar-refractivity contribution in [1.29, 1.82) is 0 Å². The third kappa shape index (κ3) is 3.86. The van der Waals surface area contributed by atoms with Crippen molar-refractivity contribution >= 4 is 46.3 Å². The summed E-state index contributed by atoms with van der Waals surface area (Å²) in [5.74, 6) is 0.568. The van der Waals surface area contributed by atoms with E-state index < -0.39 is 0 Å². The molecule has 0 unspecified atom stereocenters. The number of nitrogens with zero attached hydrogens (tertiary/aromatic N) is 2. The van der Waals surface area contributed by atoms with Gasteiger partial charge in [0, 0.05) is 10.0 Å². The molecule has 3 aromatic carbocycles. The van der Waals surface area contributed by atoms with Crippen molar-refractivity contribution in [2.24, 2.45) is 0 Å². The van der Waals surface area contributed by atoms with Gasteiger partial charge in [-0.25, -0.2) is 4.98 Å². The highest BCUT2D eigenvalue weighted by Crippen LogP contribution is 2.18. The van der Waals surface area contributed by atoms with Gasteiger partial charge in [-0.1, -0.05) is 71.7 Å². The molecule has 0 saturated carbocycles. The van der Waals surface area contributed by atoms with Gasteiger partial charge in [0.2, 0.25) is 0 Å². The minimum absolute atomic E-state index is 0.0960. The van der Waals surface area contributed by atoms with Crippen molar-refractivity contribution in [3.63, 3.8) is 0 Å². The zero-order chi connectivity index (χ0) is 19.5. The van der Waals surface area contributed by atoms with E-state index in [2.05, 4.69) is 0 Å². The molecule has 0 N–H and O–H groups in total. The van der Waals surface area contributed by atoms with Crippen LogP contribution in [0.4, 0.5) is 0 Å². The normalized spacial score (nSPS) is 11.4. The number of hydrogen-bond acceptors (Lipinski definition) is 2. The second kappa shape index (κ2) is 8.01. The molecule has 0 radical (unpaired) electrons. The van der Waals surface area contributed by atoms with Crippen LogP contribution >= 0.6 is 23.2 Å². The Balaban J connectivity index is 1.84. The van der Waals surface area contributed by atoms with Gasteiger partial charge in [-0.05, 0) is 47.5 Å². The lowest BCUT2D eigenvalue weighted by Gasteiger charge is -2.12. The molecule has 0 saturated heterocycles. The molecular weight excluding hydrogens is 391 g/mol. The van der Waals surface area contributed by atoms with Gasteiger partial charge >= 0.3 is 0 Å². The van der Waals surface area contributed by atoms with Crippen molar-refractivity contribution in [3.05, 3.63) is 110 Å². The molecule has 0 aliphatic heterocycles. The second-order valence-corrected chi connectivity index (χ2v) is 7.20. The molecule has 0 amide bonds. The van der Waals surface area contributed by atoms with Crippen molar-refractivity contribution in [1.82, 2.24) is 9.55 Å². The highest BCUT2D eigenvalue weighted by molar-refractivity contribution is 6.31. The fourth-order valence-corrected chi connectivity index (χ4v) is 3.33. The lowest BCUT2D eigenvalue weighted by molar-refractivity contribution is 0.738. The number of hydrogen-bond donors (Lipinski definition) is 0. The number of fused-ring (bicyclic) bond motifs is 1. The van der Waals surface area contributed by atoms with E-state index in [4.69, 9.17) is 28.2 Å². The van der Waals surface area contributed by atoms with Gasteiger partial charge in [0.05, 0.1) is 17.4 Å². The Morgan fingerprint density at radius 2 is 1.57 bits per heavy atom. The van der Waals surface area contributed by atoms with Crippen LogP contribution in [-0.2, 0) is 6.54 Å². The predicted molar refractivity (Wildman–Crippen MR) is 117 cm³/mol. The summed E-state index contributed by atoms with van der Waals surface area (Å²) >= 11 is 12.3. The van der Waals surface area contributed by atoms with Crippen LogP contribution in [0.2, 0.25) is 10.0 Å². The van der Waals surface area contributed by atoms with E-state index in [0.717, 1.165) is 11.1 Å². The van der Waals surface area contributed by atoms with Crippen LogP contribution in [0.25, 0.3) is 23.1 Å². The largest absolute Gasteiger partial charge is 0.288 e. The van der Waals surface area contributed by atoms with Crippen LogP contribution in [-0.4, -0.2) is 9.55 Å². The number of halogens is 2. The molecular formula is C23H16Cl2N2O. The van der Waals surface area contributed by atoms with Crippen LogP contribution in [0.5, 0.6) is 0 Å². The monoisotopic (exact) mass is 406 g/mol. The highest BCUT2D eigenvalue weighted by atomic mass is 35.5. The van der Waals surface area contributed by atoms with Crippen molar-refractivity contribution < 1.29 is 0 Å². The molecule has 1 aromatic heterocycles. The molecule has 4 aromatic rings. The highest BCUT2D eigenvalue weighted by Gasteiger charge is 2.11. The average molecular weight is 407 g/mol. The van der Waals surface area contributed by atoms with Gasteiger partial charge in [0.25, 0.3) is 5.56 Å². The first-order chi connectivity index (χ1) is 13.6. The fourth-order valence-electron chi connectivity index (χ4n) is 3.01. The standard InChI is InChI=1S/C23H16Cl2N2O/c24-18-12-9-16(10-13-18)11-14-22-26-21-8-4-2-6-19(21)23(28)27(22)15-17-5-1-3-7-20(17)25/h1-14H,15H2/b14-11+. The summed E-state index contributed by atoms with van der Waals surface area (Å²) in [5, 5.41) is 1.88. The van der Waals surface area contributed by atoms with E-state index in [1.165, 1.54) is 0 Å². The lowest BCUT2D eigenvalue weighted by Crippen LogP contribution is -2.24. The molecule has 5 heteroatoms. The van der Waals surface area contributed by atoms with Gasteiger partial charge in [-0.2, -0.15) is 0 Å². The van der Waals surface area contributed by atoms with Gasteiger partial charge < -0.3 is 0 Å². The SMILES string of the molecule is O=c1c2ccccc2nc(/C=C/c2ccc(Cl)cc2)n1Cc1ccccc1Cl. The van der Waals surface area contributed by atoms with Crippen LogP contribution in [0.1, 0.15) is 17.0 Å². The molecule has 0 aliphatic carbocycles. The summed E-state index contributed by atoms with van der Waals surface area (Å²) in [6.07, 6.45) is 3.75. The zero-order valence-electron chi connectivity index (χ0n) is 14.8. The molecule has 0 atom stereocenters. The first kappa shape index (κ1) is 18.5. The molecule has 4 rings (SSSR count). The minimum atomic E-state index is -0.0960. The lowest BCUT2D eigenvalue weighted by atomic mass is 10.2. The smallest absolute Gasteiger partial charge is 0.261 e. The van der Waals surface area contributed by atoms with Crippen molar-refractivity contribution in [3.8, 4) is 0 Å². The Morgan fingerprint density at radius 3 is 2.36 bits per heavy atom. The van der Waals surface area contributed by atoms with Gasteiger partial charge in [0.15, 0.2) is 0 Å². The summed E-state index contributed by atoms with van der Waals surface area (Å²) in [6.45, 7) is 0.344. The van der Waals surface area contributed by atoms with E-state index in [9.17, 15) is 4.79 Å². The first-order valence-corrected chi connectivity index (χ1v) is 9.54. The van der Waals surface area contributed by atoms with Gasteiger partial charge in [-0.15, -0.1) is 0 Å². The van der Waals surface area contributed by atoms with E-state index in [1.54, 1.807) is 10.6 Å². The van der Waals surface area contributed by atoms with Crippen molar-refractivity contribution in [2.45, 2.75) is 6.54 Å². The Morgan fingerprint density at radius 1 is 0.857 bits per heavy atom. The zero-order valence-corrected chi connectivity index (χ0v) is 16.4. The molecule has 3 nitrogen and oxygen atoms in total. The number of benzene rings is 3. The van der Waals surface area contributed by atoms with Crippen LogP contribution in [0.15, 0.2) is 77.6 Å². The van der Waals surface area contributed by atoms with Crippen LogP contribution in [0.3, 0.4) is 0 Å². The Labute approximate surface area is 172 Å². The third-order valence-corrected chi connectivity index (χ3v) is 5.09. The fraction of sp³-hybridized carbons (Fsp3) is 0.0435. The maximum Gasteiger partial charge on any atom is 0.261 e. The number of rotatable bonds is 4. The molecule has 138 valence electrons. The minimum Gasteiger partial charge on any atom is -0.288 e. The summed E-state index contributed by atoms with van der Waals surface area (Å²) in [6, 6.07) is 22.3.